The smallest absolute Gasteiger partial charge is 0.223 e. The number of rotatable bonds is 5. The number of hydrogen-bond acceptors (Lipinski definition) is 8. The molecule has 0 spiro atoms. The number of hydrogen-bond donors (Lipinski definition) is 2. The number of halogens is 1. The summed E-state index contributed by atoms with van der Waals surface area (Å²) in [5, 5.41) is 19.7. The standard InChI is InChI=1S/C23H29FN8O2/c1-13-5-14(10-30(9-13)16-8-26-31(11-16)12-23(2,3)33)20-28-21-17-6-15(24)7-18(34-4)19(17)27-22(25)32(21)29-20/h6-8,11,13-14,33H,5,9-10,12H2,1-4H3,(H2,25,27)/t13-,14+/m1/s1. The van der Waals surface area contributed by atoms with E-state index in [0.717, 1.165) is 18.7 Å². The molecule has 34 heavy (non-hydrogen) atoms. The molecule has 3 N–H and O–H groups in total. The van der Waals surface area contributed by atoms with Gasteiger partial charge in [-0.25, -0.2) is 14.4 Å². The highest BCUT2D eigenvalue weighted by molar-refractivity contribution is 5.95. The van der Waals surface area contributed by atoms with Gasteiger partial charge in [-0.05, 0) is 32.3 Å². The summed E-state index contributed by atoms with van der Waals surface area (Å²) >= 11 is 0. The zero-order valence-electron chi connectivity index (χ0n) is 19.7. The van der Waals surface area contributed by atoms with Crippen LogP contribution in [0.25, 0.3) is 16.6 Å². The minimum Gasteiger partial charge on any atom is -0.494 e. The lowest BCUT2D eigenvalue weighted by Crippen LogP contribution is -2.39. The fourth-order valence-corrected chi connectivity index (χ4v) is 4.76. The maximum atomic E-state index is 14.2. The topological polar surface area (TPSA) is 120 Å². The Morgan fingerprint density at radius 3 is 2.79 bits per heavy atom. The van der Waals surface area contributed by atoms with Crippen LogP contribution < -0.4 is 15.4 Å². The number of nitrogens with two attached hydrogens (primary N) is 1. The molecular formula is C23H29FN8O2. The molecule has 5 rings (SSSR count). The van der Waals surface area contributed by atoms with Crippen LogP contribution >= 0.6 is 0 Å². The second-order valence-corrected chi connectivity index (χ2v) is 9.83. The number of methoxy groups -OCH3 is 1. The van der Waals surface area contributed by atoms with Gasteiger partial charge in [0.05, 0.1) is 36.5 Å². The maximum Gasteiger partial charge on any atom is 0.223 e. The Balaban J connectivity index is 1.50. The Morgan fingerprint density at radius 2 is 2.06 bits per heavy atom. The molecule has 1 aliphatic heterocycles. The second-order valence-electron chi connectivity index (χ2n) is 9.83. The van der Waals surface area contributed by atoms with Crippen molar-refractivity contribution in [1.29, 1.82) is 0 Å². The van der Waals surface area contributed by atoms with E-state index in [1.54, 1.807) is 18.5 Å². The van der Waals surface area contributed by atoms with Crippen LogP contribution in [-0.4, -0.2) is 60.3 Å². The van der Waals surface area contributed by atoms with Gasteiger partial charge in [-0.1, -0.05) is 6.92 Å². The molecule has 0 saturated carbocycles. The van der Waals surface area contributed by atoms with Crippen LogP contribution in [0.15, 0.2) is 24.5 Å². The molecule has 1 fully saturated rings. The second kappa shape index (κ2) is 8.08. The first kappa shape index (κ1) is 22.3. The van der Waals surface area contributed by atoms with Crippen LogP contribution in [0.4, 0.5) is 16.0 Å². The quantitative estimate of drug-likeness (QED) is 0.459. The first-order valence-corrected chi connectivity index (χ1v) is 11.3. The molecule has 0 aliphatic carbocycles. The van der Waals surface area contributed by atoms with Crippen molar-refractivity contribution >= 4 is 28.2 Å². The van der Waals surface area contributed by atoms with Crippen molar-refractivity contribution in [3.05, 3.63) is 36.2 Å². The minimum absolute atomic E-state index is 0.0474. The summed E-state index contributed by atoms with van der Waals surface area (Å²) in [5.41, 5.74) is 7.23. The van der Waals surface area contributed by atoms with Crippen LogP contribution in [0.3, 0.4) is 0 Å². The highest BCUT2D eigenvalue weighted by Gasteiger charge is 2.30. The number of ether oxygens (including phenoxy) is 1. The summed E-state index contributed by atoms with van der Waals surface area (Å²) < 4.78 is 22.8. The van der Waals surface area contributed by atoms with Crippen molar-refractivity contribution in [2.75, 3.05) is 30.8 Å². The Morgan fingerprint density at radius 1 is 1.26 bits per heavy atom. The number of nitrogen functional groups attached to an aromatic ring is 1. The summed E-state index contributed by atoms with van der Waals surface area (Å²) in [5.74, 6) is 1.11. The van der Waals surface area contributed by atoms with E-state index in [9.17, 15) is 9.50 Å². The lowest BCUT2D eigenvalue weighted by Gasteiger charge is -2.36. The fourth-order valence-electron chi connectivity index (χ4n) is 4.76. The van der Waals surface area contributed by atoms with E-state index in [0.29, 0.717) is 47.1 Å². The van der Waals surface area contributed by atoms with E-state index < -0.39 is 11.4 Å². The Hall–Kier alpha value is -3.47. The van der Waals surface area contributed by atoms with Crippen molar-refractivity contribution in [2.24, 2.45) is 5.92 Å². The summed E-state index contributed by atoms with van der Waals surface area (Å²) in [7, 11) is 1.47. The highest BCUT2D eigenvalue weighted by atomic mass is 19.1. The summed E-state index contributed by atoms with van der Waals surface area (Å²) in [4.78, 5) is 11.4. The number of benzene rings is 1. The average molecular weight is 469 g/mol. The normalized spacial score (nSPS) is 19.3. The number of aromatic nitrogens is 6. The molecule has 0 unspecified atom stereocenters. The van der Waals surface area contributed by atoms with Crippen LogP contribution in [0.1, 0.15) is 38.9 Å². The number of anilines is 2. The van der Waals surface area contributed by atoms with E-state index in [-0.39, 0.29) is 11.9 Å². The van der Waals surface area contributed by atoms with Crippen LogP contribution in [0.2, 0.25) is 0 Å². The molecule has 4 heterocycles. The van der Waals surface area contributed by atoms with E-state index in [4.69, 9.17) is 15.5 Å². The van der Waals surface area contributed by atoms with Gasteiger partial charge < -0.3 is 20.5 Å². The van der Waals surface area contributed by atoms with Crippen molar-refractivity contribution < 1.29 is 14.2 Å². The molecule has 180 valence electrons. The third-order valence-electron chi connectivity index (χ3n) is 6.13. The van der Waals surface area contributed by atoms with E-state index in [1.165, 1.54) is 23.8 Å². The zero-order valence-corrected chi connectivity index (χ0v) is 19.7. The Kier molecular flexibility index (Phi) is 5.31. The summed E-state index contributed by atoms with van der Waals surface area (Å²) in [6, 6.07) is 2.66. The molecule has 1 aromatic carbocycles. The molecule has 4 aromatic rings. The zero-order chi connectivity index (χ0) is 24.2. The van der Waals surface area contributed by atoms with E-state index in [2.05, 4.69) is 27.0 Å². The van der Waals surface area contributed by atoms with Gasteiger partial charge in [-0.2, -0.15) is 9.61 Å². The Bertz CT molecular complexity index is 1360. The highest BCUT2D eigenvalue weighted by Crippen LogP contribution is 2.34. The Labute approximate surface area is 196 Å². The lowest BCUT2D eigenvalue weighted by atomic mass is 9.90. The van der Waals surface area contributed by atoms with Gasteiger partial charge in [0.1, 0.15) is 17.1 Å². The van der Waals surface area contributed by atoms with Gasteiger partial charge in [0.15, 0.2) is 11.5 Å². The van der Waals surface area contributed by atoms with Crippen LogP contribution in [-0.2, 0) is 6.54 Å². The molecule has 0 radical (unpaired) electrons. The van der Waals surface area contributed by atoms with Gasteiger partial charge in [0.25, 0.3) is 0 Å². The first-order valence-electron chi connectivity index (χ1n) is 11.3. The molecular weight excluding hydrogens is 439 g/mol. The minimum atomic E-state index is -0.847. The molecule has 0 amide bonds. The third-order valence-corrected chi connectivity index (χ3v) is 6.13. The monoisotopic (exact) mass is 468 g/mol. The fraction of sp³-hybridized carbons (Fsp3) is 0.478. The number of nitrogens with zero attached hydrogens (tertiary/aromatic N) is 7. The molecule has 0 bridgehead atoms. The third kappa shape index (κ3) is 4.11. The molecule has 1 saturated heterocycles. The van der Waals surface area contributed by atoms with Gasteiger partial charge in [-0.3, -0.25) is 4.68 Å². The SMILES string of the molecule is COc1cc(F)cc2c1nc(N)n1nc([C@H]3C[C@@H](C)CN(c4cnn(CC(C)(C)O)c4)C3)nc21. The first-order chi connectivity index (χ1) is 16.1. The largest absolute Gasteiger partial charge is 0.494 e. The van der Waals surface area contributed by atoms with Gasteiger partial charge in [-0.15, -0.1) is 5.10 Å². The van der Waals surface area contributed by atoms with E-state index >= 15 is 0 Å². The molecule has 11 heteroatoms. The number of piperidine rings is 1. The lowest BCUT2D eigenvalue weighted by molar-refractivity contribution is 0.0577. The van der Waals surface area contributed by atoms with Crippen LogP contribution in [0.5, 0.6) is 5.75 Å². The molecule has 3 aromatic heterocycles. The van der Waals surface area contributed by atoms with Gasteiger partial charge >= 0.3 is 0 Å². The predicted octanol–water partition coefficient (Wildman–Crippen LogP) is 2.60. The summed E-state index contributed by atoms with van der Waals surface area (Å²) in [6.07, 6.45) is 4.69. The molecule has 1 aliphatic rings. The van der Waals surface area contributed by atoms with Crippen LogP contribution in [0, 0.1) is 11.7 Å². The summed E-state index contributed by atoms with van der Waals surface area (Å²) in [6.45, 7) is 7.71. The van der Waals surface area contributed by atoms with Gasteiger partial charge in [0, 0.05) is 31.3 Å². The maximum absolute atomic E-state index is 14.2. The van der Waals surface area contributed by atoms with E-state index in [1.807, 2.05) is 12.4 Å². The van der Waals surface area contributed by atoms with Crippen molar-refractivity contribution in [3.8, 4) is 5.75 Å². The average Bonchev–Trinajstić information content (AvgIpc) is 3.40. The number of aliphatic hydroxyl groups is 1. The van der Waals surface area contributed by atoms with Crippen molar-refractivity contribution in [2.45, 2.75) is 45.3 Å². The van der Waals surface area contributed by atoms with Crippen molar-refractivity contribution in [1.82, 2.24) is 29.4 Å². The van der Waals surface area contributed by atoms with Gasteiger partial charge in [0.2, 0.25) is 5.95 Å². The number of fused-ring (bicyclic) bond motifs is 3. The predicted molar refractivity (Wildman–Crippen MR) is 126 cm³/mol. The molecule has 2 atom stereocenters. The molecule has 10 nitrogen and oxygen atoms in total. The van der Waals surface area contributed by atoms with Crippen molar-refractivity contribution in [3.63, 3.8) is 0 Å².